The molecule has 0 unspecified atom stereocenters. The summed E-state index contributed by atoms with van der Waals surface area (Å²) >= 11 is 0. The molecular formula is C19H20N6O. The monoisotopic (exact) mass is 348 g/mol. The van der Waals surface area contributed by atoms with E-state index in [-0.39, 0.29) is 18.4 Å². The van der Waals surface area contributed by atoms with Gasteiger partial charge in [0, 0.05) is 60.9 Å². The Morgan fingerprint density at radius 1 is 1.38 bits per heavy atom. The van der Waals surface area contributed by atoms with Crippen molar-refractivity contribution in [2.75, 3.05) is 25.0 Å². The molecule has 26 heavy (non-hydrogen) atoms. The Bertz CT molecular complexity index is 996. The Morgan fingerprint density at radius 3 is 2.96 bits per heavy atom. The fourth-order valence-corrected chi connectivity index (χ4v) is 3.79. The van der Waals surface area contributed by atoms with Crippen LogP contribution < -0.4 is 4.90 Å². The van der Waals surface area contributed by atoms with E-state index < -0.39 is 0 Å². The standard InChI is InChI=1S/C19H20N6O/c1-24(17(26)2-6-20)14-4-8-25(9-5-14)16-12-21-10-13-11-23-19-15(18(13)16)3-7-22-19/h3,7,10-12,14H,2,4-5,8-9H2,1H3,(H,22,23). The zero-order chi connectivity index (χ0) is 18.1. The van der Waals surface area contributed by atoms with Crippen molar-refractivity contribution in [3.05, 3.63) is 30.9 Å². The number of amides is 1. The highest BCUT2D eigenvalue weighted by molar-refractivity contribution is 6.10. The smallest absolute Gasteiger partial charge is 0.236 e. The van der Waals surface area contributed by atoms with E-state index in [0.717, 1.165) is 48.0 Å². The van der Waals surface area contributed by atoms with Gasteiger partial charge >= 0.3 is 0 Å². The van der Waals surface area contributed by atoms with Gasteiger partial charge in [0.1, 0.15) is 12.1 Å². The second-order valence-electron chi connectivity index (χ2n) is 6.68. The maximum absolute atomic E-state index is 12.0. The number of pyridine rings is 2. The van der Waals surface area contributed by atoms with Crippen LogP contribution in [0.4, 0.5) is 5.69 Å². The second-order valence-corrected chi connectivity index (χ2v) is 6.68. The first-order valence-corrected chi connectivity index (χ1v) is 8.76. The Balaban J connectivity index is 1.60. The normalized spacial score (nSPS) is 15.3. The molecule has 1 amide bonds. The molecule has 0 aliphatic carbocycles. The van der Waals surface area contributed by atoms with Gasteiger partial charge in [-0.25, -0.2) is 4.98 Å². The van der Waals surface area contributed by atoms with Crippen LogP contribution in [0.15, 0.2) is 30.9 Å². The van der Waals surface area contributed by atoms with Crippen LogP contribution in [0.3, 0.4) is 0 Å². The number of hydrogen-bond acceptors (Lipinski definition) is 5. The molecule has 1 aliphatic heterocycles. The van der Waals surface area contributed by atoms with Crippen molar-refractivity contribution in [3.63, 3.8) is 0 Å². The molecule has 0 spiro atoms. The number of hydrogen-bond donors (Lipinski definition) is 1. The lowest BCUT2D eigenvalue weighted by Gasteiger charge is -2.38. The molecule has 0 bridgehead atoms. The maximum Gasteiger partial charge on any atom is 0.236 e. The summed E-state index contributed by atoms with van der Waals surface area (Å²) in [5.74, 6) is -0.0992. The van der Waals surface area contributed by atoms with Gasteiger partial charge in [-0.1, -0.05) is 0 Å². The van der Waals surface area contributed by atoms with E-state index in [0.29, 0.717) is 0 Å². The van der Waals surface area contributed by atoms with Gasteiger partial charge in [-0.3, -0.25) is 9.78 Å². The molecule has 1 fully saturated rings. The van der Waals surface area contributed by atoms with Crippen LogP contribution >= 0.6 is 0 Å². The van der Waals surface area contributed by atoms with E-state index in [4.69, 9.17) is 5.26 Å². The van der Waals surface area contributed by atoms with E-state index >= 15 is 0 Å². The number of anilines is 1. The number of piperidine rings is 1. The highest BCUT2D eigenvalue weighted by Gasteiger charge is 2.26. The Hall–Kier alpha value is -3.14. The van der Waals surface area contributed by atoms with Crippen molar-refractivity contribution >= 4 is 33.4 Å². The number of nitrogens with one attached hydrogen (secondary N) is 1. The van der Waals surface area contributed by atoms with Crippen LogP contribution in [0, 0.1) is 11.3 Å². The van der Waals surface area contributed by atoms with Crippen molar-refractivity contribution in [1.29, 1.82) is 5.26 Å². The molecule has 4 rings (SSSR count). The van der Waals surface area contributed by atoms with Crippen molar-refractivity contribution in [2.24, 2.45) is 0 Å². The Labute approximate surface area is 151 Å². The average molecular weight is 348 g/mol. The first-order chi connectivity index (χ1) is 12.7. The van der Waals surface area contributed by atoms with E-state index in [9.17, 15) is 4.79 Å². The van der Waals surface area contributed by atoms with Gasteiger partial charge in [-0.05, 0) is 18.9 Å². The third-order valence-electron chi connectivity index (χ3n) is 5.26. The zero-order valence-electron chi connectivity index (χ0n) is 14.6. The summed E-state index contributed by atoms with van der Waals surface area (Å²) in [5, 5.41) is 12.0. The maximum atomic E-state index is 12.0. The van der Waals surface area contributed by atoms with Crippen molar-refractivity contribution in [1.82, 2.24) is 19.9 Å². The van der Waals surface area contributed by atoms with Gasteiger partial charge in [0.2, 0.25) is 5.91 Å². The van der Waals surface area contributed by atoms with Gasteiger partial charge in [0.05, 0.1) is 18.0 Å². The van der Waals surface area contributed by atoms with E-state index in [1.54, 1.807) is 11.9 Å². The quantitative estimate of drug-likeness (QED) is 0.785. The topological polar surface area (TPSA) is 88.9 Å². The number of carbonyl (C=O) groups is 1. The molecule has 0 radical (unpaired) electrons. The summed E-state index contributed by atoms with van der Waals surface area (Å²) in [4.78, 5) is 28.0. The van der Waals surface area contributed by atoms with E-state index in [1.807, 2.05) is 30.9 Å². The lowest BCUT2D eigenvalue weighted by molar-refractivity contribution is -0.131. The number of rotatable bonds is 3. The third kappa shape index (κ3) is 2.73. The molecule has 7 heteroatoms. The first kappa shape index (κ1) is 16.3. The summed E-state index contributed by atoms with van der Waals surface area (Å²) in [5.41, 5.74) is 1.99. The number of aromatic amines is 1. The highest BCUT2D eigenvalue weighted by Crippen LogP contribution is 2.33. The number of aromatic nitrogens is 3. The fourth-order valence-electron chi connectivity index (χ4n) is 3.79. The summed E-state index contributed by atoms with van der Waals surface area (Å²) in [6.45, 7) is 1.70. The van der Waals surface area contributed by atoms with Crippen LogP contribution in [-0.4, -0.2) is 51.9 Å². The first-order valence-electron chi connectivity index (χ1n) is 8.76. The molecule has 0 saturated carbocycles. The minimum atomic E-state index is -0.0992. The van der Waals surface area contributed by atoms with E-state index in [2.05, 4.69) is 25.9 Å². The van der Waals surface area contributed by atoms with Crippen LogP contribution in [0.25, 0.3) is 21.8 Å². The zero-order valence-corrected chi connectivity index (χ0v) is 14.6. The van der Waals surface area contributed by atoms with Crippen molar-refractivity contribution in [3.8, 4) is 6.07 Å². The highest BCUT2D eigenvalue weighted by atomic mass is 16.2. The molecule has 0 aromatic carbocycles. The number of carbonyl (C=O) groups excluding carboxylic acids is 1. The predicted molar refractivity (Wildman–Crippen MR) is 99.6 cm³/mol. The number of nitriles is 1. The van der Waals surface area contributed by atoms with Crippen LogP contribution in [0.1, 0.15) is 19.3 Å². The lowest BCUT2D eigenvalue weighted by Crippen LogP contribution is -2.45. The SMILES string of the molecule is CN(C(=O)CC#N)C1CCN(c2cncc3cnc4[nH]ccc4c23)CC1. The van der Waals surface area contributed by atoms with Crippen LogP contribution in [0.2, 0.25) is 0 Å². The van der Waals surface area contributed by atoms with Crippen molar-refractivity contribution in [2.45, 2.75) is 25.3 Å². The Kier molecular flexibility index (Phi) is 4.17. The average Bonchev–Trinajstić information content (AvgIpc) is 3.16. The van der Waals surface area contributed by atoms with Crippen LogP contribution in [0.5, 0.6) is 0 Å². The van der Waals surface area contributed by atoms with Gasteiger partial charge < -0.3 is 14.8 Å². The van der Waals surface area contributed by atoms with Gasteiger partial charge in [-0.2, -0.15) is 5.26 Å². The predicted octanol–water partition coefficient (Wildman–Crippen LogP) is 2.45. The fraction of sp³-hybridized carbons (Fsp3) is 0.368. The molecule has 3 aromatic heterocycles. The van der Waals surface area contributed by atoms with Crippen LogP contribution in [-0.2, 0) is 4.79 Å². The van der Waals surface area contributed by atoms with E-state index in [1.165, 1.54) is 5.39 Å². The number of H-pyrrole nitrogens is 1. The molecule has 1 saturated heterocycles. The van der Waals surface area contributed by atoms with Crippen molar-refractivity contribution < 1.29 is 4.79 Å². The molecule has 1 N–H and O–H groups in total. The molecule has 3 aromatic rings. The molecule has 7 nitrogen and oxygen atoms in total. The number of fused-ring (bicyclic) bond motifs is 3. The summed E-state index contributed by atoms with van der Waals surface area (Å²) in [6.07, 6.45) is 9.23. The Morgan fingerprint density at radius 2 is 2.19 bits per heavy atom. The largest absolute Gasteiger partial charge is 0.370 e. The molecule has 0 atom stereocenters. The molecule has 1 aliphatic rings. The minimum absolute atomic E-state index is 0.0531. The van der Waals surface area contributed by atoms with Gasteiger partial charge in [-0.15, -0.1) is 0 Å². The van der Waals surface area contributed by atoms with Gasteiger partial charge in [0.15, 0.2) is 0 Å². The lowest BCUT2D eigenvalue weighted by atomic mass is 10.0. The summed E-state index contributed by atoms with van der Waals surface area (Å²) < 4.78 is 0. The molecule has 4 heterocycles. The minimum Gasteiger partial charge on any atom is -0.370 e. The molecular weight excluding hydrogens is 328 g/mol. The number of nitrogens with zero attached hydrogens (tertiary/aromatic N) is 5. The van der Waals surface area contributed by atoms with Gasteiger partial charge in [0.25, 0.3) is 0 Å². The summed E-state index contributed by atoms with van der Waals surface area (Å²) in [7, 11) is 1.80. The summed E-state index contributed by atoms with van der Waals surface area (Å²) in [6, 6.07) is 4.17. The third-order valence-corrected chi connectivity index (χ3v) is 5.26. The molecule has 132 valence electrons. The second kappa shape index (κ2) is 6.64.